The molecule has 0 spiro atoms. The lowest BCUT2D eigenvalue weighted by Crippen LogP contribution is -2.28. The molecule has 16 heteroatoms. The van der Waals surface area contributed by atoms with Crippen LogP contribution in [0.15, 0.2) is 39.8 Å². The van der Waals surface area contributed by atoms with E-state index in [1.54, 1.807) is 23.6 Å². The van der Waals surface area contributed by atoms with E-state index in [4.69, 9.17) is 23.2 Å². The van der Waals surface area contributed by atoms with Crippen LogP contribution in [0.25, 0.3) is 20.4 Å². The summed E-state index contributed by atoms with van der Waals surface area (Å²) in [6, 6.07) is 3.31. The number of pyridine rings is 2. The summed E-state index contributed by atoms with van der Waals surface area (Å²) in [6.45, 7) is 2.77. The van der Waals surface area contributed by atoms with E-state index < -0.39 is 28.3 Å². The van der Waals surface area contributed by atoms with Gasteiger partial charge >= 0.3 is 22.7 Å². The second-order valence-corrected chi connectivity index (χ2v) is 11.1. The number of hydrogen-bond acceptors (Lipinski definition) is 8. The molecule has 0 bridgehead atoms. The molecule has 0 aliphatic heterocycles. The van der Waals surface area contributed by atoms with Crippen molar-refractivity contribution < 1.29 is 36.6 Å². The van der Waals surface area contributed by atoms with Gasteiger partial charge in [0.1, 0.15) is 0 Å². The van der Waals surface area contributed by atoms with Crippen LogP contribution in [0.4, 0.5) is 17.6 Å². The van der Waals surface area contributed by atoms with E-state index in [9.17, 15) is 27.2 Å². The van der Waals surface area contributed by atoms with Crippen molar-refractivity contribution in [1.82, 2.24) is 9.97 Å². The lowest BCUT2D eigenvalue weighted by atomic mass is 10.1. The maximum atomic E-state index is 13.9. The summed E-state index contributed by atoms with van der Waals surface area (Å²) < 4.78 is 62.1. The zero-order chi connectivity index (χ0) is 28.7. The Kier molecular flexibility index (Phi) is 12.2. The quantitative estimate of drug-likeness (QED) is 0.116. The molecular weight excluding hydrogens is 727 g/mol. The van der Waals surface area contributed by atoms with Gasteiger partial charge in [-0.1, -0.05) is 23.2 Å². The molecule has 206 valence electrons. The highest BCUT2D eigenvalue weighted by Gasteiger charge is 2.45. The van der Waals surface area contributed by atoms with Gasteiger partial charge in [-0.15, -0.1) is 22.7 Å². The van der Waals surface area contributed by atoms with Gasteiger partial charge in [-0.3, -0.25) is 9.97 Å². The molecule has 4 aromatic heterocycles. The van der Waals surface area contributed by atoms with E-state index in [-0.39, 0.29) is 18.7 Å². The van der Waals surface area contributed by atoms with Crippen LogP contribution in [0, 0.1) is 0 Å². The lowest BCUT2D eigenvalue weighted by molar-refractivity contribution is -0.172. The van der Waals surface area contributed by atoms with Crippen LogP contribution in [0.5, 0.6) is 0 Å². The summed E-state index contributed by atoms with van der Waals surface area (Å²) in [5.74, 6) is -6.84. The standard InChI is InChI=1S/C11H8ClF2NO2S.C7H3BrClNS.C4H5BrF2O2/c1-2-17-10(16)11(13,14)6-5-18-9-7(12)3-4-15-8(6)9;8-4-3-11-7-5(9)1-2-10-6(4)7;1-2-9-3(8)4(5,6)7/h3-5H,2H2,1H3;1-3H;2H2,1H3. The summed E-state index contributed by atoms with van der Waals surface area (Å²) in [5.41, 5.74) is 0.511. The van der Waals surface area contributed by atoms with Crippen molar-refractivity contribution in [3.05, 3.63) is 55.4 Å². The molecule has 0 atom stereocenters. The van der Waals surface area contributed by atoms with Gasteiger partial charge in [0.2, 0.25) is 0 Å². The Hall–Kier alpha value is -1.58. The Balaban J connectivity index is 0.000000217. The van der Waals surface area contributed by atoms with Gasteiger partial charge in [0.05, 0.1) is 53.7 Å². The number of rotatable bonds is 5. The molecule has 0 fully saturated rings. The third-order valence-corrected chi connectivity index (χ3v) is 8.24. The zero-order valence-corrected chi connectivity index (χ0v) is 25.6. The molecule has 0 amide bonds. The summed E-state index contributed by atoms with van der Waals surface area (Å²) in [7, 11) is 0. The molecule has 0 saturated carbocycles. The maximum Gasteiger partial charge on any atom is 0.395 e. The number of thiophene rings is 2. The molecule has 0 radical (unpaired) electrons. The first-order valence-corrected chi connectivity index (χ1v) is 14.3. The second-order valence-electron chi connectivity index (χ2n) is 6.69. The van der Waals surface area contributed by atoms with Crippen molar-refractivity contribution in [3.63, 3.8) is 0 Å². The molecule has 0 saturated heterocycles. The predicted molar refractivity (Wildman–Crippen MR) is 148 cm³/mol. The maximum absolute atomic E-state index is 13.9. The Morgan fingerprint density at radius 1 is 0.895 bits per heavy atom. The van der Waals surface area contributed by atoms with Crippen molar-refractivity contribution in [2.75, 3.05) is 13.2 Å². The fraction of sp³-hybridized carbons (Fsp3) is 0.273. The molecule has 4 rings (SSSR count). The first-order valence-electron chi connectivity index (χ1n) is 10.2. The minimum atomic E-state index is -3.72. The number of nitrogens with zero attached hydrogens (tertiary/aromatic N) is 2. The van der Waals surface area contributed by atoms with Crippen LogP contribution in [-0.4, -0.2) is 40.0 Å². The third-order valence-electron chi connectivity index (χ3n) is 4.15. The number of carbonyl (C=O) groups excluding carboxylic acids is 2. The highest BCUT2D eigenvalue weighted by atomic mass is 79.9. The van der Waals surface area contributed by atoms with Crippen molar-refractivity contribution >= 4 is 110 Å². The number of fused-ring (bicyclic) bond motifs is 2. The minimum absolute atomic E-state index is 0.0329. The summed E-state index contributed by atoms with van der Waals surface area (Å²) in [5, 5.41) is 4.27. The number of hydrogen-bond donors (Lipinski definition) is 0. The van der Waals surface area contributed by atoms with E-state index in [1.165, 1.54) is 31.5 Å². The smallest absolute Gasteiger partial charge is 0.395 e. The number of carbonyl (C=O) groups is 2. The number of esters is 2. The highest BCUT2D eigenvalue weighted by Crippen LogP contribution is 2.39. The van der Waals surface area contributed by atoms with Crippen LogP contribution in [0.3, 0.4) is 0 Å². The Bertz CT molecular complexity index is 1420. The first-order chi connectivity index (χ1) is 17.7. The van der Waals surface area contributed by atoms with Crippen molar-refractivity contribution in [2.24, 2.45) is 0 Å². The monoisotopic (exact) mass is 740 g/mol. The van der Waals surface area contributed by atoms with Crippen LogP contribution < -0.4 is 0 Å². The van der Waals surface area contributed by atoms with Gasteiger partial charge in [-0.2, -0.15) is 17.6 Å². The molecule has 6 nitrogen and oxygen atoms in total. The summed E-state index contributed by atoms with van der Waals surface area (Å²) in [6.07, 6.45) is 3.03. The Morgan fingerprint density at radius 2 is 1.37 bits per heavy atom. The largest absolute Gasteiger partial charge is 0.461 e. The van der Waals surface area contributed by atoms with Gasteiger partial charge in [0.25, 0.3) is 0 Å². The molecule has 38 heavy (non-hydrogen) atoms. The number of alkyl halides is 5. The van der Waals surface area contributed by atoms with Gasteiger partial charge in [-0.05, 0) is 41.9 Å². The SMILES string of the molecule is CCOC(=O)C(F)(F)Br.CCOC(=O)C(F)(F)c1csc2c(Cl)ccnc12.Clc1ccnc2c(Br)csc12. The molecule has 4 aromatic rings. The molecule has 0 aliphatic rings. The lowest BCUT2D eigenvalue weighted by Gasteiger charge is -2.13. The normalized spacial score (nSPS) is 11.3. The number of halogens is 8. The van der Waals surface area contributed by atoms with E-state index in [0.29, 0.717) is 9.72 Å². The molecule has 0 aliphatic carbocycles. The van der Waals surface area contributed by atoms with Crippen LogP contribution in [0.1, 0.15) is 19.4 Å². The van der Waals surface area contributed by atoms with Crippen molar-refractivity contribution in [1.29, 1.82) is 0 Å². The molecule has 0 unspecified atom stereocenters. The van der Waals surface area contributed by atoms with Crippen molar-refractivity contribution in [2.45, 2.75) is 24.6 Å². The van der Waals surface area contributed by atoms with Gasteiger partial charge in [-0.25, -0.2) is 9.59 Å². The zero-order valence-electron chi connectivity index (χ0n) is 19.2. The average molecular weight is 743 g/mol. The molecule has 0 N–H and O–H groups in total. The van der Waals surface area contributed by atoms with Gasteiger partial charge in [0.15, 0.2) is 0 Å². The van der Waals surface area contributed by atoms with Crippen LogP contribution in [-0.2, 0) is 25.0 Å². The highest BCUT2D eigenvalue weighted by molar-refractivity contribution is 9.10. The predicted octanol–water partition coefficient (Wildman–Crippen LogP) is 8.85. The van der Waals surface area contributed by atoms with E-state index in [0.717, 1.165) is 31.0 Å². The fourth-order valence-electron chi connectivity index (χ4n) is 2.54. The van der Waals surface area contributed by atoms with Crippen LogP contribution >= 0.6 is 77.7 Å². The number of aromatic nitrogens is 2. The van der Waals surface area contributed by atoms with E-state index in [1.807, 2.05) is 21.3 Å². The van der Waals surface area contributed by atoms with Crippen LogP contribution in [0.2, 0.25) is 10.0 Å². The average Bonchev–Trinajstić information content (AvgIpc) is 3.46. The molecule has 0 aromatic carbocycles. The first kappa shape index (κ1) is 32.6. The van der Waals surface area contributed by atoms with Crippen molar-refractivity contribution in [3.8, 4) is 0 Å². The fourth-order valence-corrected chi connectivity index (χ4v) is 5.67. The molecule has 4 heterocycles. The summed E-state index contributed by atoms with van der Waals surface area (Å²) in [4.78, 5) is 25.8. The minimum Gasteiger partial charge on any atom is -0.461 e. The Morgan fingerprint density at radius 3 is 1.84 bits per heavy atom. The number of ether oxygens (including phenoxy) is 2. The summed E-state index contributed by atoms with van der Waals surface area (Å²) >= 11 is 19.6. The second kappa shape index (κ2) is 14.2. The molecular formula is C22H16Br2Cl2F4N2O4S2. The van der Waals surface area contributed by atoms with E-state index in [2.05, 4.69) is 35.4 Å². The van der Waals surface area contributed by atoms with E-state index >= 15 is 0 Å². The topological polar surface area (TPSA) is 78.4 Å². The Labute approximate surface area is 248 Å². The van der Waals surface area contributed by atoms with Gasteiger partial charge in [0, 0.05) is 39.1 Å². The third kappa shape index (κ3) is 8.21. The van der Waals surface area contributed by atoms with Gasteiger partial charge < -0.3 is 9.47 Å².